The van der Waals surface area contributed by atoms with Crippen LogP contribution in [0.15, 0.2) is 24.4 Å². The molecule has 0 aliphatic heterocycles. The van der Waals surface area contributed by atoms with Gasteiger partial charge in [0.25, 0.3) is 0 Å². The lowest BCUT2D eigenvalue weighted by molar-refractivity contribution is 0.594. The fraction of sp³-hybridized carbons (Fsp3) is 0.400. The molecule has 3 heteroatoms. The van der Waals surface area contributed by atoms with E-state index in [4.69, 9.17) is 11.6 Å². The van der Waals surface area contributed by atoms with Crippen molar-refractivity contribution < 1.29 is 0 Å². The van der Waals surface area contributed by atoms with Gasteiger partial charge >= 0.3 is 0 Å². The standard InChI is InChI=1S/C15H19ClN2/c1-4-10(2)9-18-15-12-6-5-7-17-14(12)11(3)8-13(15)16/h5-8,10,18H,4,9H2,1-3H3. The summed E-state index contributed by atoms with van der Waals surface area (Å²) in [6, 6.07) is 6.00. The van der Waals surface area contributed by atoms with Crippen LogP contribution in [0.25, 0.3) is 10.9 Å². The second-order valence-electron chi connectivity index (χ2n) is 4.84. The van der Waals surface area contributed by atoms with Gasteiger partial charge in [-0.05, 0) is 36.6 Å². The molecule has 0 aliphatic rings. The van der Waals surface area contributed by atoms with E-state index in [0.717, 1.165) is 40.1 Å². The molecular formula is C15H19ClN2. The fourth-order valence-electron chi connectivity index (χ4n) is 1.98. The van der Waals surface area contributed by atoms with E-state index in [-0.39, 0.29) is 0 Å². The molecule has 1 aromatic carbocycles. The molecule has 1 N–H and O–H groups in total. The van der Waals surface area contributed by atoms with Crippen LogP contribution < -0.4 is 5.32 Å². The normalized spacial score (nSPS) is 12.7. The summed E-state index contributed by atoms with van der Waals surface area (Å²) in [5.41, 5.74) is 3.14. The minimum absolute atomic E-state index is 0.633. The van der Waals surface area contributed by atoms with E-state index in [1.165, 1.54) is 0 Å². The molecule has 2 aromatic rings. The highest BCUT2D eigenvalue weighted by Crippen LogP contribution is 2.32. The number of benzene rings is 1. The number of aromatic nitrogens is 1. The Kier molecular flexibility index (Phi) is 4.07. The number of pyridine rings is 1. The van der Waals surface area contributed by atoms with Gasteiger partial charge in [0, 0.05) is 18.1 Å². The zero-order valence-electron chi connectivity index (χ0n) is 11.1. The lowest BCUT2D eigenvalue weighted by atomic mass is 10.1. The number of halogens is 1. The van der Waals surface area contributed by atoms with Crippen molar-refractivity contribution in [1.82, 2.24) is 4.98 Å². The van der Waals surface area contributed by atoms with E-state index in [0.29, 0.717) is 5.92 Å². The molecule has 96 valence electrons. The van der Waals surface area contributed by atoms with Crippen molar-refractivity contribution in [2.75, 3.05) is 11.9 Å². The number of rotatable bonds is 4. The average molecular weight is 263 g/mol. The zero-order valence-corrected chi connectivity index (χ0v) is 11.9. The molecule has 18 heavy (non-hydrogen) atoms. The summed E-state index contributed by atoms with van der Waals surface area (Å²) in [6.45, 7) is 7.40. The van der Waals surface area contributed by atoms with Crippen LogP contribution in [-0.2, 0) is 0 Å². The number of nitrogens with zero attached hydrogens (tertiary/aromatic N) is 1. The van der Waals surface area contributed by atoms with Crippen LogP contribution >= 0.6 is 11.6 Å². The summed E-state index contributed by atoms with van der Waals surface area (Å²) in [4.78, 5) is 4.43. The van der Waals surface area contributed by atoms with E-state index in [1.807, 2.05) is 25.3 Å². The van der Waals surface area contributed by atoms with Gasteiger partial charge < -0.3 is 5.32 Å². The molecule has 1 heterocycles. The first kappa shape index (κ1) is 13.2. The van der Waals surface area contributed by atoms with Crippen molar-refractivity contribution in [3.05, 3.63) is 35.0 Å². The Hall–Kier alpha value is -1.28. The van der Waals surface area contributed by atoms with Gasteiger partial charge in [-0.25, -0.2) is 0 Å². The molecule has 0 radical (unpaired) electrons. The van der Waals surface area contributed by atoms with E-state index < -0.39 is 0 Å². The third-order valence-corrected chi connectivity index (χ3v) is 3.65. The summed E-state index contributed by atoms with van der Waals surface area (Å²) in [5.74, 6) is 0.633. The third-order valence-electron chi connectivity index (χ3n) is 3.36. The number of aryl methyl sites for hydroxylation is 1. The van der Waals surface area contributed by atoms with Gasteiger partial charge in [-0.2, -0.15) is 0 Å². The molecule has 1 unspecified atom stereocenters. The predicted molar refractivity (Wildman–Crippen MR) is 79.4 cm³/mol. The quantitative estimate of drug-likeness (QED) is 0.867. The second kappa shape index (κ2) is 5.57. The number of anilines is 1. The van der Waals surface area contributed by atoms with Gasteiger partial charge in [0.05, 0.1) is 16.2 Å². The second-order valence-corrected chi connectivity index (χ2v) is 5.25. The number of hydrogen-bond acceptors (Lipinski definition) is 2. The summed E-state index contributed by atoms with van der Waals surface area (Å²) in [5, 5.41) is 5.34. The van der Waals surface area contributed by atoms with Crippen molar-refractivity contribution >= 4 is 28.2 Å². The SMILES string of the molecule is CCC(C)CNc1c(Cl)cc(C)c2ncccc12. The summed E-state index contributed by atoms with van der Waals surface area (Å²) < 4.78 is 0. The average Bonchev–Trinajstić information content (AvgIpc) is 2.38. The van der Waals surface area contributed by atoms with E-state index >= 15 is 0 Å². The van der Waals surface area contributed by atoms with Crippen LogP contribution in [0, 0.1) is 12.8 Å². The molecular weight excluding hydrogens is 244 g/mol. The highest BCUT2D eigenvalue weighted by Gasteiger charge is 2.10. The topological polar surface area (TPSA) is 24.9 Å². The molecule has 1 aromatic heterocycles. The Morgan fingerprint density at radius 2 is 2.22 bits per heavy atom. The molecule has 1 atom stereocenters. The Balaban J connectivity index is 2.43. The van der Waals surface area contributed by atoms with Crippen LogP contribution in [0.2, 0.25) is 5.02 Å². The first-order valence-electron chi connectivity index (χ1n) is 6.41. The minimum atomic E-state index is 0.633. The predicted octanol–water partition coefficient (Wildman–Crippen LogP) is 4.65. The van der Waals surface area contributed by atoms with Gasteiger partial charge in [0.15, 0.2) is 0 Å². The molecule has 2 nitrogen and oxygen atoms in total. The molecule has 0 bridgehead atoms. The maximum Gasteiger partial charge on any atom is 0.0752 e. The smallest absolute Gasteiger partial charge is 0.0752 e. The maximum atomic E-state index is 6.34. The molecule has 0 saturated carbocycles. The van der Waals surface area contributed by atoms with Crippen molar-refractivity contribution in [1.29, 1.82) is 0 Å². The molecule has 0 saturated heterocycles. The van der Waals surface area contributed by atoms with Crippen LogP contribution in [0.4, 0.5) is 5.69 Å². The first-order chi connectivity index (χ1) is 8.63. The van der Waals surface area contributed by atoms with Crippen LogP contribution in [0.5, 0.6) is 0 Å². The van der Waals surface area contributed by atoms with Crippen molar-refractivity contribution in [2.24, 2.45) is 5.92 Å². The lowest BCUT2D eigenvalue weighted by Gasteiger charge is -2.15. The van der Waals surface area contributed by atoms with Crippen molar-refractivity contribution in [2.45, 2.75) is 27.2 Å². The molecule has 0 aliphatic carbocycles. The fourth-order valence-corrected chi connectivity index (χ4v) is 2.31. The van der Waals surface area contributed by atoms with Gasteiger partial charge in [0.1, 0.15) is 0 Å². The molecule has 0 fully saturated rings. The number of fused-ring (bicyclic) bond motifs is 1. The van der Waals surface area contributed by atoms with E-state index in [9.17, 15) is 0 Å². The van der Waals surface area contributed by atoms with Crippen LogP contribution in [-0.4, -0.2) is 11.5 Å². The van der Waals surface area contributed by atoms with Gasteiger partial charge in [-0.1, -0.05) is 31.9 Å². The Morgan fingerprint density at radius 3 is 2.94 bits per heavy atom. The van der Waals surface area contributed by atoms with Gasteiger partial charge in [-0.3, -0.25) is 4.98 Å². The van der Waals surface area contributed by atoms with Crippen LogP contribution in [0.1, 0.15) is 25.8 Å². The Bertz CT molecular complexity index is 551. The number of hydrogen-bond donors (Lipinski definition) is 1. The highest BCUT2D eigenvalue weighted by molar-refractivity contribution is 6.35. The largest absolute Gasteiger partial charge is 0.383 e. The Morgan fingerprint density at radius 1 is 1.44 bits per heavy atom. The Labute approximate surface area is 113 Å². The molecule has 2 rings (SSSR count). The summed E-state index contributed by atoms with van der Waals surface area (Å²) in [7, 11) is 0. The summed E-state index contributed by atoms with van der Waals surface area (Å²) >= 11 is 6.34. The first-order valence-corrected chi connectivity index (χ1v) is 6.79. The number of nitrogens with one attached hydrogen (secondary N) is 1. The molecule has 0 amide bonds. The van der Waals surface area contributed by atoms with Crippen LogP contribution in [0.3, 0.4) is 0 Å². The van der Waals surface area contributed by atoms with E-state index in [1.54, 1.807) is 0 Å². The van der Waals surface area contributed by atoms with E-state index in [2.05, 4.69) is 30.2 Å². The van der Waals surface area contributed by atoms with Gasteiger partial charge in [0.2, 0.25) is 0 Å². The lowest BCUT2D eigenvalue weighted by Crippen LogP contribution is -2.11. The third kappa shape index (κ3) is 2.59. The molecule has 0 spiro atoms. The highest BCUT2D eigenvalue weighted by atomic mass is 35.5. The minimum Gasteiger partial charge on any atom is -0.383 e. The monoisotopic (exact) mass is 262 g/mol. The van der Waals surface area contributed by atoms with Crippen molar-refractivity contribution in [3.63, 3.8) is 0 Å². The van der Waals surface area contributed by atoms with Crippen molar-refractivity contribution in [3.8, 4) is 0 Å². The maximum absolute atomic E-state index is 6.34. The van der Waals surface area contributed by atoms with Gasteiger partial charge in [-0.15, -0.1) is 0 Å². The zero-order chi connectivity index (χ0) is 13.1. The summed E-state index contributed by atoms with van der Waals surface area (Å²) in [6.07, 6.45) is 2.98.